The predicted molar refractivity (Wildman–Crippen MR) is 88.7 cm³/mol. The molecule has 1 fully saturated rings. The van der Waals surface area contributed by atoms with Crippen LogP contribution in [0.4, 0.5) is 5.69 Å². The van der Waals surface area contributed by atoms with E-state index < -0.39 is 0 Å². The van der Waals surface area contributed by atoms with Crippen LogP contribution in [0.2, 0.25) is 0 Å². The Kier molecular flexibility index (Phi) is 2.49. The SMILES string of the molecule is CN1c2ccccc2C(=O)N2CCC3=c4ccccc4=N[C@@H]3[C@@H]21. The van der Waals surface area contributed by atoms with Gasteiger partial charge in [0.25, 0.3) is 5.91 Å². The first-order valence-electron chi connectivity index (χ1n) is 8.04. The van der Waals surface area contributed by atoms with Crippen molar-refractivity contribution in [1.82, 2.24) is 4.90 Å². The maximum absolute atomic E-state index is 12.9. The summed E-state index contributed by atoms with van der Waals surface area (Å²) in [7, 11) is 2.07. The Morgan fingerprint density at radius 3 is 2.78 bits per heavy atom. The van der Waals surface area contributed by atoms with Crippen LogP contribution in [0, 0.1) is 0 Å². The molecule has 3 aliphatic rings. The van der Waals surface area contributed by atoms with Gasteiger partial charge in [0, 0.05) is 18.8 Å². The van der Waals surface area contributed by atoms with Crippen molar-refractivity contribution < 1.29 is 4.79 Å². The molecule has 2 aromatic rings. The summed E-state index contributed by atoms with van der Waals surface area (Å²) in [5.74, 6) is 0.133. The Hall–Kier alpha value is -2.62. The van der Waals surface area contributed by atoms with E-state index in [9.17, 15) is 4.79 Å². The normalized spacial score (nSPS) is 24.6. The molecule has 23 heavy (non-hydrogen) atoms. The number of amides is 1. The number of carbonyl (C=O) groups is 1. The van der Waals surface area contributed by atoms with Crippen LogP contribution in [0.5, 0.6) is 0 Å². The number of benzene rings is 2. The third-order valence-corrected chi connectivity index (χ3v) is 5.28. The van der Waals surface area contributed by atoms with Gasteiger partial charge < -0.3 is 9.80 Å². The van der Waals surface area contributed by atoms with Crippen molar-refractivity contribution in [3.8, 4) is 0 Å². The van der Waals surface area contributed by atoms with E-state index in [1.54, 1.807) is 0 Å². The first-order chi connectivity index (χ1) is 11.3. The zero-order valence-electron chi connectivity index (χ0n) is 12.9. The largest absolute Gasteiger partial charge is 0.351 e. The highest BCUT2D eigenvalue weighted by atomic mass is 16.2. The molecule has 0 N–H and O–H groups in total. The highest BCUT2D eigenvalue weighted by Gasteiger charge is 2.45. The second-order valence-electron chi connectivity index (χ2n) is 6.41. The molecule has 1 amide bonds. The van der Waals surface area contributed by atoms with Crippen molar-refractivity contribution in [2.24, 2.45) is 4.99 Å². The number of hydrogen-bond donors (Lipinski definition) is 0. The number of rotatable bonds is 0. The van der Waals surface area contributed by atoms with Crippen LogP contribution in [0.15, 0.2) is 53.5 Å². The minimum Gasteiger partial charge on any atom is -0.351 e. The molecular weight excluding hydrogens is 286 g/mol. The highest BCUT2D eigenvalue weighted by molar-refractivity contribution is 6.02. The van der Waals surface area contributed by atoms with Gasteiger partial charge in [-0.25, -0.2) is 0 Å². The average molecular weight is 303 g/mol. The van der Waals surface area contributed by atoms with E-state index in [4.69, 9.17) is 4.99 Å². The van der Waals surface area contributed by atoms with Gasteiger partial charge in [-0.15, -0.1) is 0 Å². The summed E-state index contributed by atoms with van der Waals surface area (Å²) >= 11 is 0. The van der Waals surface area contributed by atoms with Gasteiger partial charge in [0.15, 0.2) is 0 Å². The fourth-order valence-corrected chi connectivity index (χ4v) is 4.22. The van der Waals surface area contributed by atoms with Gasteiger partial charge in [-0.3, -0.25) is 9.79 Å². The lowest BCUT2D eigenvalue weighted by Gasteiger charge is -2.49. The van der Waals surface area contributed by atoms with Crippen LogP contribution < -0.4 is 15.5 Å². The number of piperidine rings is 1. The summed E-state index contributed by atoms with van der Waals surface area (Å²) in [6.45, 7) is 0.762. The van der Waals surface area contributed by atoms with Crippen LogP contribution in [0.3, 0.4) is 0 Å². The number of likely N-dealkylation sites (N-methyl/N-ethyl adjacent to an activating group) is 1. The molecule has 0 bridgehead atoms. The zero-order valence-corrected chi connectivity index (χ0v) is 12.9. The second kappa shape index (κ2) is 4.44. The summed E-state index contributed by atoms with van der Waals surface area (Å²) in [5, 5.41) is 2.32. The lowest BCUT2D eigenvalue weighted by Crippen LogP contribution is -2.61. The maximum atomic E-state index is 12.9. The monoisotopic (exact) mass is 303 g/mol. The van der Waals surface area contributed by atoms with E-state index >= 15 is 0 Å². The number of para-hydroxylation sites is 2. The molecule has 0 radical (unpaired) electrons. The van der Waals surface area contributed by atoms with E-state index in [2.05, 4.69) is 30.1 Å². The molecule has 0 aliphatic carbocycles. The molecule has 5 rings (SSSR count). The molecule has 3 heterocycles. The third kappa shape index (κ3) is 1.61. The third-order valence-electron chi connectivity index (χ3n) is 5.28. The topological polar surface area (TPSA) is 35.9 Å². The fraction of sp³-hybridized carbons (Fsp3) is 0.263. The smallest absolute Gasteiger partial charge is 0.257 e. The number of hydrogen-bond acceptors (Lipinski definition) is 3. The van der Waals surface area contributed by atoms with Gasteiger partial charge in [-0.05, 0) is 30.2 Å². The Morgan fingerprint density at radius 2 is 1.87 bits per heavy atom. The second-order valence-corrected chi connectivity index (χ2v) is 6.41. The van der Waals surface area contributed by atoms with Gasteiger partial charge in [0.2, 0.25) is 0 Å². The molecule has 0 spiro atoms. The first kappa shape index (κ1) is 12.9. The van der Waals surface area contributed by atoms with E-state index in [0.29, 0.717) is 0 Å². The van der Waals surface area contributed by atoms with Crippen molar-refractivity contribution >= 4 is 17.2 Å². The van der Waals surface area contributed by atoms with Gasteiger partial charge in [-0.1, -0.05) is 30.3 Å². The molecule has 3 aliphatic heterocycles. The summed E-state index contributed by atoms with van der Waals surface area (Å²) in [6, 6.07) is 16.2. The molecule has 2 atom stereocenters. The van der Waals surface area contributed by atoms with Gasteiger partial charge in [-0.2, -0.15) is 0 Å². The highest BCUT2D eigenvalue weighted by Crippen LogP contribution is 2.37. The minimum absolute atomic E-state index is 0.0199. The Balaban J connectivity index is 1.70. The summed E-state index contributed by atoms with van der Waals surface area (Å²) in [5.41, 5.74) is 3.18. The van der Waals surface area contributed by atoms with E-state index in [-0.39, 0.29) is 18.1 Å². The van der Waals surface area contributed by atoms with Crippen LogP contribution in [0.25, 0.3) is 5.57 Å². The summed E-state index contributed by atoms with van der Waals surface area (Å²) in [6.07, 6.45) is 0.886. The maximum Gasteiger partial charge on any atom is 0.257 e. The van der Waals surface area contributed by atoms with E-state index in [1.165, 1.54) is 10.8 Å². The summed E-state index contributed by atoms with van der Waals surface area (Å²) < 4.78 is 0. The molecule has 1 saturated heterocycles. The van der Waals surface area contributed by atoms with Gasteiger partial charge in [0.05, 0.1) is 16.6 Å². The summed E-state index contributed by atoms with van der Waals surface area (Å²) in [4.78, 5) is 22.1. The zero-order chi connectivity index (χ0) is 15.6. The van der Waals surface area contributed by atoms with Crippen LogP contribution in [-0.4, -0.2) is 36.6 Å². The number of fused-ring (bicyclic) bond motifs is 5. The Bertz CT molecular complexity index is 949. The predicted octanol–water partition coefficient (Wildman–Crippen LogP) is 1.16. The van der Waals surface area contributed by atoms with Gasteiger partial charge in [0.1, 0.15) is 12.2 Å². The quantitative estimate of drug-likeness (QED) is 0.732. The van der Waals surface area contributed by atoms with Crippen molar-refractivity contribution in [1.29, 1.82) is 0 Å². The average Bonchev–Trinajstić information content (AvgIpc) is 2.98. The number of carbonyl (C=O) groups excluding carboxylic acids is 1. The lowest BCUT2D eigenvalue weighted by atomic mass is 9.91. The number of nitrogens with zero attached hydrogens (tertiary/aromatic N) is 3. The molecule has 114 valence electrons. The minimum atomic E-state index is -0.0199. The number of anilines is 1. The Labute approximate surface area is 134 Å². The fourth-order valence-electron chi connectivity index (χ4n) is 4.22. The molecule has 0 saturated carbocycles. The van der Waals surface area contributed by atoms with Crippen molar-refractivity contribution in [2.45, 2.75) is 18.6 Å². The lowest BCUT2D eigenvalue weighted by molar-refractivity contribution is 0.0624. The molecule has 0 unspecified atom stereocenters. The first-order valence-corrected chi connectivity index (χ1v) is 8.04. The van der Waals surface area contributed by atoms with Crippen LogP contribution in [-0.2, 0) is 0 Å². The molecule has 2 aromatic carbocycles. The van der Waals surface area contributed by atoms with Crippen molar-refractivity contribution in [3.05, 3.63) is 64.7 Å². The van der Waals surface area contributed by atoms with E-state index in [1.807, 2.05) is 35.2 Å². The standard InChI is InChI=1S/C19H17N3O/c1-21-16-9-5-3-7-14(16)19(23)22-11-10-13-12-6-2-4-8-15(12)20-17(13)18(21)22/h2-9,17-18H,10-11H2,1H3/t17-,18+/m0/s1. The van der Waals surface area contributed by atoms with Crippen LogP contribution >= 0.6 is 0 Å². The molecule has 4 heteroatoms. The van der Waals surface area contributed by atoms with Crippen LogP contribution in [0.1, 0.15) is 16.8 Å². The van der Waals surface area contributed by atoms with Crippen molar-refractivity contribution in [2.75, 3.05) is 18.5 Å². The molecule has 4 nitrogen and oxygen atoms in total. The van der Waals surface area contributed by atoms with E-state index in [0.717, 1.165) is 29.6 Å². The molecular formula is C19H17N3O. The van der Waals surface area contributed by atoms with Crippen molar-refractivity contribution in [3.63, 3.8) is 0 Å². The molecule has 0 aromatic heterocycles. The van der Waals surface area contributed by atoms with Gasteiger partial charge >= 0.3 is 0 Å². The Morgan fingerprint density at radius 1 is 1.09 bits per heavy atom.